The highest BCUT2D eigenvalue weighted by molar-refractivity contribution is 7.89. The van der Waals surface area contributed by atoms with Gasteiger partial charge in [-0.25, -0.2) is 8.42 Å². The van der Waals surface area contributed by atoms with E-state index in [2.05, 4.69) is 5.32 Å². The van der Waals surface area contributed by atoms with Crippen LogP contribution in [0.15, 0.2) is 46.7 Å². The number of aliphatic hydroxyl groups excluding tert-OH is 1. The van der Waals surface area contributed by atoms with Gasteiger partial charge in [-0.05, 0) is 48.6 Å². The Kier molecular flexibility index (Phi) is 5.53. The molecule has 1 amide bonds. The van der Waals surface area contributed by atoms with Crippen LogP contribution in [0, 0.1) is 0 Å². The first-order valence-electron chi connectivity index (χ1n) is 8.08. The molecule has 0 aliphatic carbocycles. The number of nitrogens with one attached hydrogen (secondary N) is 1. The number of benzene rings is 1. The van der Waals surface area contributed by atoms with Crippen molar-refractivity contribution in [1.29, 1.82) is 0 Å². The van der Waals surface area contributed by atoms with Gasteiger partial charge in [0.05, 0.1) is 4.90 Å². The van der Waals surface area contributed by atoms with E-state index in [-0.39, 0.29) is 17.3 Å². The number of rotatable bonds is 6. The van der Waals surface area contributed by atoms with Gasteiger partial charge in [0, 0.05) is 30.1 Å². The van der Waals surface area contributed by atoms with Crippen molar-refractivity contribution < 1.29 is 18.3 Å². The molecule has 2 heterocycles. The zero-order chi connectivity index (χ0) is 17.9. The summed E-state index contributed by atoms with van der Waals surface area (Å²) in [4.78, 5) is 13.1. The number of hydrogen-bond acceptors (Lipinski definition) is 5. The number of thiophene rings is 1. The van der Waals surface area contributed by atoms with Gasteiger partial charge in [0.15, 0.2) is 0 Å². The van der Waals surface area contributed by atoms with Crippen molar-refractivity contribution in [3.63, 3.8) is 0 Å². The summed E-state index contributed by atoms with van der Waals surface area (Å²) in [5, 5.41) is 14.5. The molecule has 1 aromatic carbocycles. The van der Waals surface area contributed by atoms with Crippen LogP contribution in [-0.4, -0.2) is 43.4 Å². The van der Waals surface area contributed by atoms with Crippen LogP contribution in [0.5, 0.6) is 0 Å². The molecule has 1 fully saturated rings. The highest BCUT2D eigenvalue weighted by atomic mass is 32.2. The molecule has 2 aromatic rings. The van der Waals surface area contributed by atoms with Crippen molar-refractivity contribution in [3.8, 4) is 0 Å². The molecule has 0 bridgehead atoms. The van der Waals surface area contributed by atoms with Crippen LogP contribution in [-0.2, 0) is 10.0 Å². The molecule has 134 valence electrons. The molecule has 1 aromatic heterocycles. The Hall–Kier alpha value is -1.74. The summed E-state index contributed by atoms with van der Waals surface area (Å²) in [5.74, 6) is -0.347. The largest absolute Gasteiger partial charge is 0.386 e. The van der Waals surface area contributed by atoms with Crippen molar-refractivity contribution in [3.05, 3.63) is 52.2 Å². The Morgan fingerprint density at radius 3 is 2.48 bits per heavy atom. The molecule has 1 atom stereocenters. The third-order valence-electron chi connectivity index (χ3n) is 4.15. The van der Waals surface area contributed by atoms with Crippen molar-refractivity contribution in [1.82, 2.24) is 9.62 Å². The minimum absolute atomic E-state index is 0.104. The first-order valence-corrected chi connectivity index (χ1v) is 10.4. The van der Waals surface area contributed by atoms with Crippen LogP contribution in [0.3, 0.4) is 0 Å². The Labute approximate surface area is 151 Å². The van der Waals surface area contributed by atoms with Crippen LogP contribution in [0.4, 0.5) is 0 Å². The molecule has 0 radical (unpaired) electrons. The maximum absolute atomic E-state index is 12.5. The van der Waals surface area contributed by atoms with Crippen molar-refractivity contribution in [2.45, 2.75) is 23.8 Å². The molecule has 0 spiro atoms. The Balaban J connectivity index is 1.62. The number of carbonyl (C=O) groups is 1. The topological polar surface area (TPSA) is 86.7 Å². The van der Waals surface area contributed by atoms with E-state index < -0.39 is 16.1 Å². The number of carbonyl (C=O) groups excluding carboxylic acids is 1. The summed E-state index contributed by atoms with van der Waals surface area (Å²) < 4.78 is 26.4. The summed E-state index contributed by atoms with van der Waals surface area (Å²) in [6, 6.07) is 9.55. The third-order valence-corrected chi connectivity index (χ3v) is 7.03. The van der Waals surface area contributed by atoms with Gasteiger partial charge >= 0.3 is 0 Å². The van der Waals surface area contributed by atoms with E-state index in [0.717, 1.165) is 17.7 Å². The summed E-state index contributed by atoms with van der Waals surface area (Å²) in [6.07, 6.45) is 1.01. The fourth-order valence-electron chi connectivity index (χ4n) is 2.73. The van der Waals surface area contributed by atoms with Crippen molar-refractivity contribution in [2.24, 2.45) is 0 Å². The average Bonchev–Trinajstić information content (AvgIpc) is 3.33. The molecule has 8 heteroatoms. The van der Waals surface area contributed by atoms with Crippen molar-refractivity contribution >= 4 is 27.3 Å². The fraction of sp³-hybridized carbons (Fsp3) is 0.353. The first-order chi connectivity index (χ1) is 12.0. The number of hydrogen-bond donors (Lipinski definition) is 2. The fourth-order valence-corrected chi connectivity index (χ4v) is 4.96. The highest BCUT2D eigenvalue weighted by Crippen LogP contribution is 2.21. The first kappa shape index (κ1) is 18.1. The predicted molar refractivity (Wildman–Crippen MR) is 96.0 cm³/mol. The number of nitrogens with zero attached hydrogens (tertiary/aromatic N) is 1. The van der Waals surface area contributed by atoms with E-state index >= 15 is 0 Å². The van der Waals surface area contributed by atoms with E-state index in [0.29, 0.717) is 18.7 Å². The van der Waals surface area contributed by atoms with E-state index in [1.54, 1.807) is 6.07 Å². The van der Waals surface area contributed by atoms with E-state index in [1.165, 1.54) is 39.9 Å². The molecule has 1 saturated heterocycles. The Bertz CT molecular complexity index is 811. The standard InChI is InChI=1S/C17H20N2O4S2/c20-15(16-4-3-11-24-16)12-18-17(21)13-5-7-14(8-6-13)25(22,23)19-9-1-2-10-19/h3-8,11,15,20H,1-2,9-10,12H2,(H,18,21). The second-order valence-electron chi connectivity index (χ2n) is 5.88. The average molecular weight is 380 g/mol. The molecule has 6 nitrogen and oxygen atoms in total. The smallest absolute Gasteiger partial charge is 0.251 e. The SMILES string of the molecule is O=C(NCC(O)c1cccs1)c1ccc(S(=O)(=O)N2CCCC2)cc1. The third kappa shape index (κ3) is 4.09. The predicted octanol–water partition coefficient (Wildman–Crippen LogP) is 2.00. The quantitative estimate of drug-likeness (QED) is 0.802. The number of aliphatic hydroxyl groups is 1. The maximum Gasteiger partial charge on any atom is 0.251 e. The monoisotopic (exact) mass is 380 g/mol. The normalized spacial score (nSPS) is 16.7. The van der Waals surface area contributed by atoms with Gasteiger partial charge in [0.1, 0.15) is 6.10 Å². The lowest BCUT2D eigenvalue weighted by Gasteiger charge is -2.15. The second-order valence-corrected chi connectivity index (χ2v) is 8.79. The molecule has 3 rings (SSSR count). The minimum Gasteiger partial charge on any atom is -0.386 e. The van der Waals surface area contributed by atoms with Crippen LogP contribution in [0.25, 0.3) is 0 Å². The van der Waals surface area contributed by atoms with Crippen molar-refractivity contribution in [2.75, 3.05) is 19.6 Å². The van der Waals surface area contributed by atoms with Gasteiger partial charge in [-0.15, -0.1) is 11.3 Å². The van der Waals surface area contributed by atoms with Gasteiger partial charge in [0.2, 0.25) is 10.0 Å². The van der Waals surface area contributed by atoms with Gasteiger partial charge in [-0.1, -0.05) is 6.07 Å². The van der Waals surface area contributed by atoms with Gasteiger partial charge < -0.3 is 10.4 Å². The Morgan fingerprint density at radius 2 is 1.88 bits per heavy atom. The lowest BCUT2D eigenvalue weighted by atomic mass is 10.2. The number of sulfonamides is 1. The van der Waals surface area contributed by atoms with E-state index in [1.807, 2.05) is 11.4 Å². The molecular weight excluding hydrogens is 360 g/mol. The minimum atomic E-state index is -3.47. The Morgan fingerprint density at radius 1 is 1.20 bits per heavy atom. The lowest BCUT2D eigenvalue weighted by molar-refractivity contribution is 0.0918. The molecule has 25 heavy (non-hydrogen) atoms. The molecular formula is C17H20N2O4S2. The van der Waals surface area contributed by atoms with Gasteiger partial charge in [-0.3, -0.25) is 4.79 Å². The van der Waals surface area contributed by atoms with Crippen LogP contribution >= 0.6 is 11.3 Å². The molecule has 1 unspecified atom stereocenters. The van der Waals surface area contributed by atoms with Crippen LogP contribution in [0.1, 0.15) is 34.2 Å². The van der Waals surface area contributed by atoms with Crippen LogP contribution < -0.4 is 5.32 Å². The summed E-state index contributed by atoms with van der Waals surface area (Å²) in [7, 11) is -3.47. The van der Waals surface area contributed by atoms with Crippen LogP contribution in [0.2, 0.25) is 0 Å². The van der Waals surface area contributed by atoms with E-state index in [9.17, 15) is 18.3 Å². The summed E-state index contributed by atoms with van der Waals surface area (Å²) in [5.41, 5.74) is 0.360. The van der Waals surface area contributed by atoms with Gasteiger partial charge in [0.25, 0.3) is 5.91 Å². The van der Waals surface area contributed by atoms with E-state index in [4.69, 9.17) is 0 Å². The zero-order valence-electron chi connectivity index (χ0n) is 13.6. The molecule has 1 aliphatic heterocycles. The summed E-state index contributed by atoms with van der Waals surface area (Å²) >= 11 is 1.42. The molecule has 0 saturated carbocycles. The lowest BCUT2D eigenvalue weighted by Crippen LogP contribution is -2.29. The zero-order valence-corrected chi connectivity index (χ0v) is 15.2. The number of amides is 1. The molecule has 1 aliphatic rings. The highest BCUT2D eigenvalue weighted by Gasteiger charge is 2.27. The molecule has 2 N–H and O–H groups in total. The maximum atomic E-state index is 12.5. The van der Waals surface area contributed by atoms with Gasteiger partial charge in [-0.2, -0.15) is 4.31 Å². The second kappa shape index (κ2) is 7.65. The summed E-state index contributed by atoms with van der Waals surface area (Å²) in [6.45, 7) is 1.20.